The van der Waals surface area contributed by atoms with Crippen LogP contribution in [-0.4, -0.2) is 31.3 Å². The Hall–Kier alpha value is -1.03. The van der Waals surface area contributed by atoms with E-state index in [1.807, 2.05) is 0 Å². The van der Waals surface area contributed by atoms with Crippen molar-refractivity contribution < 1.29 is 9.53 Å². The van der Waals surface area contributed by atoms with Crippen molar-refractivity contribution in [1.29, 1.82) is 0 Å². The van der Waals surface area contributed by atoms with E-state index in [9.17, 15) is 4.79 Å². The highest BCUT2D eigenvalue weighted by atomic mass is 16.5. The summed E-state index contributed by atoms with van der Waals surface area (Å²) in [5, 5.41) is 6.00. The highest BCUT2D eigenvalue weighted by Gasteiger charge is 2.37. The lowest BCUT2D eigenvalue weighted by Crippen LogP contribution is -2.45. The zero-order valence-electron chi connectivity index (χ0n) is 12.2. The van der Waals surface area contributed by atoms with E-state index < -0.39 is 0 Å². The fourth-order valence-corrected chi connectivity index (χ4v) is 3.00. The van der Waals surface area contributed by atoms with Crippen LogP contribution in [0.1, 0.15) is 40.0 Å². The summed E-state index contributed by atoms with van der Waals surface area (Å²) < 4.78 is 5.81. The zero-order valence-corrected chi connectivity index (χ0v) is 12.2. The summed E-state index contributed by atoms with van der Waals surface area (Å²) >= 11 is 0. The fraction of sp³-hybridized carbons (Fsp3) is 0.800. The van der Waals surface area contributed by atoms with Gasteiger partial charge >= 0.3 is 6.03 Å². The first-order chi connectivity index (χ1) is 8.97. The van der Waals surface area contributed by atoms with Crippen LogP contribution in [0.2, 0.25) is 0 Å². The van der Waals surface area contributed by atoms with Crippen molar-refractivity contribution in [1.82, 2.24) is 10.6 Å². The Kier molecular flexibility index (Phi) is 4.50. The smallest absolute Gasteiger partial charge is 0.315 e. The van der Waals surface area contributed by atoms with Crippen molar-refractivity contribution in [2.75, 3.05) is 13.2 Å². The van der Waals surface area contributed by atoms with E-state index >= 15 is 0 Å². The number of nitrogens with one attached hydrogen (secondary N) is 2. The number of ether oxygens (including phenoxy) is 1. The van der Waals surface area contributed by atoms with Crippen molar-refractivity contribution >= 4 is 6.03 Å². The standard InChI is InChI=1S/C15H26N2O2/c1-15(2,3)13-11(8-9-19-13)10-16-14(18)17-12-6-4-5-7-12/h4-5,11-13H,6-10H2,1-3H3,(H2,16,17,18)/t11-,13+/m1/s1. The van der Waals surface area contributed by atoms with Crippen LogP contribution < -0.4 is 10.6 Å². The molecule has 0 aromatic heterocycles. The molecular formula is C15H26N2O2. The van der Waals surface area contributed by atoms with Gasteiger partial charge in [0.05, 0.1) is 6.10 Å². The normalized spacial score (nSPS) is 27.7. The minimum absolute atomic E-state index is 0.0479. The average molecular weight is 266 g/mol. The maximum Gasteiger partial charge on any atom is 0.315 e. The number of urea groups is 1. The summed E-state index contributed by atoms with van der Waals surface area (Å²) in [4.78, 5) is 11.8. The van der Waals surface area contributed by atoms with Crippen molar-refractivity contribution in [2.24, 2.45) is 11.3 Å². The van der Waals surface area contributed by atoms with Crippen molar-refractivity contribution in [3.63, 3.8) is 0 Å². The molecule has 0 saturated carbocycles. The van der Waals surface area contributed by atoms with Crippen LogP contribution in [0, 0.1) is 11.3 Å². The first-order valence-corrected chi connectivity index (χ1v) is 7.28. The second-order valence-electron chi connectivity index (χ2n) is 6.70. The summed E-state index contributed by atoms with van der Waals surface area (Å²) in [7, 11) is 0. The molecule has 1 fully saturated rings. The predicted octanol–water partition coefficient (Wildman–Crippen LogP) is 2.46. The van der Waals surface area contributed by atoms with Gasteiger partial charge in [0.1, 0.15) is 0 Å². The van der Waals surface area contributed by atoms with Crippen molar-refractivity contribution in [3.8, 4) is 0 Å². The minimum Gasteiger partial charge on any atom is -0.377 e. The Bertz CT molecular complexity index is 339. The summed E-state index contributed by atoms with van der Waals surface area (Å²) in [6.07, 6.45) is 7.40. The van der Waals surface area contributed by atoms with Gasteiger partial charge in [-0.1, -0.05) is 32.9 Å². The molecule has 0 spiro atoms. The lowest BCUT2D eigenvalue weighted by Gasteiger charge is -2.31. The van der Waals surface area contributed by atoms with E-state index in [2.05, 4.69) is 43.6 Å². The number of rotatable bonds is 3. The quantitative estimate of drug-likeness (QED) is 0.771. The monoisotopic (exact) mass is 266 g/mol. The highest BCUT2D eigenvalue weighted by molar-refractivity contribution is 5.74. The van der Waals surface area contributed by atoms with Gasteiger partial charge in [-0.3, -0.25) is 0 Å². The van der Waals surface area contributed by atoms with Crippen LogP contribution in [0.15, 0.2) is 12.2 Å². The molecule has 4 nitrogen and oxygen atoms in total. The SMILES string of the molecule is CC(C)(C)[C@H]1OCC[C@@H]1CNC(=O)NC1CC=CC1. The maximum absolute atomic E-state index is 11.8. The van der Waals surface area contributed by atoms with Gasteiger partial charge in [-0.25, -0.2) is 4.79 Å². The summed E-state index contributed by atoms with van der Waals surface area (Å²) in [5.74, 6) is 0.424. The van der Waals surface area contributed by atoms with Crippen LogP contribution in [0.5, 0.6) is 0 Å². The molecule has 2 N–H and O–H groups in total. The Morgan fingerprint density at radius 3 is 2.63 bits per heavy atom. The summed E-state index contributed by atoms with van der Waals surface area (Å²) in [6, 6.07) is 0.228. The molecule has 2 atom stereocenters. The van der Waals surface area contributed by atoms with Crippen LogP contribution in [-0.2, 0) is 4.74 Å². The second kappa shape index (κ2) is 5.95. The second-order valence-corrected chi connectivity index (χ2v) is 6.70. The van der Waals surface area contributed by atoms with Gasteiger partial charge < -0.3 is 15.4 Å². The largest absolute Gasteiger partial charge is 0.377 e. The third-order valence-corrected chi connectivity index (χ3v) is 3.94. The minimum atomic E-state index is -0.0479. The molecule has 2 aliphatic rings. The van der Waals surface area contributed by atoms with Gasteiger partial charge in [-0.15, -0.1) is 0 Å². The number of carbonyl (C=O) groups is 1. The lowest BCUT2D eigenvalue weighted by atomic mass is 9.81. The Morgan fingerprint density at radius 2 is 2.00 bits per heavy atom. The molecule has 19 heavy (non-hydrogen) atoms. The summed E-state index contributed by atoms with van der Waals surface area (Å²) in [5.41, 5.74) is 0.134. The van der Waals surface area contributed by atoms with E-state index in [0.717, 1.165) is 25.9 Å². The molecule has 0 bridgehead atoms. The van der Waals surface area contributed by atoms with Gasteiger partial charge in [0.15, 0.2) is 0 Å². The topological polar surface area (TPSA) is 50.4 Å². The molecule has 1 aliphatic carbocycles. The van der Waals surface area contributed by atoms with Gasteiger partial charge in [0, 0.05) is 25.1 Å². The molecule has 108 valence electrons. The Labute approximate surface area is 116 Å². The van der Waals surface area contributed by atoms with Crippen LogP contribution >= 0.6 is 0 Å². The van der Waals surface area contributed by atoms with Crippen LogP contribution in [0.3, 0.4) is 0 Å². The van der Waals surface area contributed by atoms with Crippen LogP contribution in [0.25, 0.3) is 0 Å². The first kappa shape index (κ1) is 14.4. The van der Waals surface area contributed by atoms with E-state index in [-0.39, 0.29) is 23.6 Å². The molecule has 0 radical (unpaired) electrons. The molecule has 2 rings (SSSR count). The molecule has 1 aliphatic heterocycles. The average Bonchev–Trinajstić information content (AvgIpc) is 2.95. The molecule has 0 aromatic rings. The molecule has 0 unspecified atom stereocenters. The molecule has 1 heterocycles. The number of hydrogen-bond donors (Lipinski definition) is 2. The van der Waals surface area contributed by atoms with Crippen molar-refractivity contribution in [2.45, 2.75) is 52.2 Å². The number of carbonyl (C=O) groups excluding carboxylic acids is 1. The summed E-state index contributed by atoms with van der Waals surface area (Å²) in [6.45, 7) is 8.09. The first-order valence-electron chi connectivity index (χ1n) is 7.28. The molecule has 0 aromatic carbocycles. The molecule has 2 amide bonds. The van der Waals surface area contributed by atoms with Gasteiger partial charge in [0.2, 0.25) is 0 Å². The molecule has 1 saturated heterocycles. The van der Waals surface area contributed by atoms with E-state index in [4.69, 9.17) is 4.74 Å². The third-order valence-electron chi connectivity index (χ3n) is 3.94. The highest BCUT2D eigenvalue weighted by Crippen LogP contribution is 2.34. The predicted molar refractivity (Wildman–Crippen MR) is 76.0 cm³/mol. The third kappa shape index (κ3) is 3.96. The number of amides is 2. The van der Waals surface area contributed by atoms with Crippen LogP contribution in [0.4, 0.5) is 4.79 Å². The van der Waals surface area contributed by atoms with Crippen molar-refractivity contribution in [3.05, 3.63) is 12.2 Å². The van der Waals surface area contributed by atoms with Gasteiger partial charge in [0.25, 0.3) is 0 Å². The Balaban J connectivity index is 1.73. The maximum atomic E-state index is 11.8. The zero-order chi connectivity index (χ0) is 13.9. The lowest BCUT2D eigenvalue weighted by molar-refractivity contribution is 0.00774. The van der Waals surface area contributed by atoms with E-state index in [1.165, 1.54) is 0 Å². The van der Waals surface area contributed by atoms with E-state index in [0.29, 0.717) is 12.5 Å². The molecular weight excluding hydrogens is 240 g/mol. The number of hydrogen-bond acceptors (Lipinski definition) is 2. The van der Waals surface area contributed by atoms with Gasteiger partial charge in [-0.2, -0.15) is 0 Å². The van der Waals surface area contributed by atoms with E-state index in [1.54, 1.807) is 0 Å². The molecule has 4 heteroatoms. The fourth-order valence-electron chi connectivity index (χ4n) is 3.00. The Morgan fingerprint density at radius 1 is 1.32 bits per heavy atom. The van der Waals surface area contributed by atoms with Gasteiger partial charge in [-0.05, 0) is 24.7 Å².